The Balaban J connectivity index is 1.06. The van der Waals surface area contributed by atoms with Crippen molar-refractivity contribution >= 4 is 5.97 Å². The lowest BCUT2D eigenvalue weighted by Crippen LogP contribution is -2.53. The van der Waals surface area contributed by atoms with Crippen LogP contribution in [0.4, 0.5) is 0 Å². The maximum Gasteiger partial charge on any atom is 0.316 e. The van der Waals surface area contributed by atoms with Crippen molar-refractivity contribution in [2.45, 2.75) is 142 Å². The highest BCUT2D eigenvalue weighted by molar-refractivity contribution is 5.76. The highest BCUT2D eigenvalue weighted by Gasteiger charge is 2.51. The maximum absolute atomic E-state index is 14.8. The zero-order valence-corrected chi connectivity index (χ0v) is 57.4. The SMILES string of the molecule is CCCOC1=C(O[C@H]2OC(COCc3ccccc3)[C@@H](OCc3ccccc3)C(OCc3ccccc3)=C2OCc2ccccc2)[C@H](OC)OC(COCc2ccccc2)[C@H]1O[C@@H]1OC(COCc2ccccc2)[C@H](OCc2ccccc2)C(OCc2ccccc2)=C1OC(=O)C(C)(C)C. The molecule has 0 bridgehead atoms. The van der Waals surface area contributed by atoms with Gasteiger partial charge in [-0.3, -0.25) is 4.79 Å². The zero-order chi connectivity index (χ0) is 69.1. The highest BCUT2D eigenvalue weighted by atomic mass is 16.8. The van der Waals surface area contributed by atoms with Gasteiger partial charge in [0.15, 0.2) is 29.1 Å². The summed E-state index contributed by atoms with van der Waals surface area (Å²) < 4.78 is 111. The molecule has 0 N–H and O–H groups in total. The van der Waals surface area contributed by atoms with E-state index in [-0.39, 0.29) is 108 Å². The number of rotatable bonds is 36. The minimum absolute atomic E-state index is 0.00968. The second-order valence-corrected chi connectivity index (χ2v) is 25.4. The number of esters is 1. The fourth-order valence-corrected chi connectivity index (χ4v) is 11.2. The van der Waals surface area contributed by atoms with E-state index in [1.807, 2.05) is 250 Å². The van der Waals surface area contributed by atoms with Gasteiger partial charge in [0, 0.05) is 7.11 Å². The average Bonchev–Trinajstić information content (AvgIpc) is 0.775. The van der Waals surface area contributed by atoms with E-state index in [9.17, 15) is 4.79 Å². The predicted molar refractivity (Wildman–Crippen MR) is 374 cm³/mol. The molecule has 0 radical (unpaired) electrons. The van der Waals surface area contributed by atoms with Gasteiger partial charge in [0.25, 0.3) is 6.29 Å². The number of carbonyl (C=O) groups is 1. The number of methoxy groups -OCH3 is 1. The summed E-state index contributed by atoms with van der Waals surface area (Å²) in [5, 5.41) is 0. The Labute approximate surface area is 586 Å². The van der Waals surface area contributed by atoms with Crippen molar-refractivity contribution < 1.29 is 80.6 Å². The Morgan fingerprint density at radius 3 is 1.02 bits per heavy atom. The van der Waals surface area contributed by atoms with Gasteiger partial charge < -0.3 is 75.8 Å². The highest BCUT2D eigenvalue weighted by Crippen LogP contribution is 2.42. The van der Waals surface area contributed by atoms with Crippen molar-refractivity contribution in [3.63, 3.8) is 0 Å². The molecule has 0 saturated heterocycles. The van der Waals surface area contributed by atoms with Gasteiger partial charge in [-0.1, -0.05) is 250 Å². The minimum atomic E-state index is -1.58. The van der Waals surface area contributed by atoms with Crippen LogP contribution in [0.1, 0.15) is 78.6 Å². The quantitative estimate of drug-likeness (QED) is 0.0340. The van der Waals surface area contributed by atoms with Crippen LogP contribution in [0, 0.1) is 5.41 Å². The predicted octanol–water partition coefficient (Wildman–Crippen LogP) is 15.3. The van der Waals surface area contributed by atoms with Crippen molar-refractivity contribution in [2.75, 3.05) is 33.5 Å². The molecule has 11 rings (SSSR count). The fourth-order valence-electron chi connectivity index (χ4n) is 11.2. The number of hydrogen-bond acceptors (Lipinski definition) is 17. The number of hydrogen-bond donors (Lipinski definition) is 0. The first-order valence-corrected chi connectivity index (χ1v) is 34.1. The third-order valence-electron chi connectivity index (χ3n) is 16.5. The van der Waals surface area contributed by atoms with Gasteiger partial charge in [0.2, 0.25) is 24.1 Å². The molecule has 100 heavy (non-hydrogen) atoms. The molecule has 3 aliphatic heterocycles. The molecule has 0 aliphatic carbocycles. The Kier molecular flexibility index (Phi) is 27.1. The van der Waals surface area contributed by atoms with E-state index in [4.69, 9.17) is 75.8 Å². The van der Waals surface area contributed by atoms with Crippen LogP contribution < -0.4 is 0 Å². The third kappa shape index (κ3) is 20.8. The van der Waals surface area contributed by atoms with E-state index in [2.05, 4.69) is 0 Å². The van der Waals surface area contributed by atoms with Gasteiger partial charge in [0.05, 0.1) is 64.9 Å². The van der Waals surface area contributed by atoms with E-state index < -0.39 is 66.9 Å². The van der Waals surface area contributed by atoms with E-state index >= 15 is 0 Å². The summed E-state index contributed by atoms with van der Waals surface area (Å²) in [6.45, 7) is 8.53. The average molecular weight is 1360 g/mol. The van der Waals surface area contributed by atoms with Crippen molar-refractivity contribution in [2.24, 2.45) is 5.41 Å². The van der Waals surface area contributed by atoms with E-state index in [1.165, 1.54) is 7.11 Å². The van der Waals surface area contributed by atoms with Crippen LogP contribution in [-0.2, 0) is 133 Å². The normalized spacial score (nSPS) is 20.9. The van der Waals surface area contributed by atoms with Gasteiger partial charge in [-0.25, -0.2) is 0 Å². The van der Waals surface area contributed by atoms with Crippen LogP contribution in [0.2, 0.25) is 0 Å². The molecule has 0 spiro atoms. The van der Waals surface area contributed by atoms with E-state index in [1.54, 1.807) is 20.8 Å². The molecule has 3 aliphatic rings. The molecule has 0 amide bonds. The second kappa shape index (κ2) is 37.5. The third-order valence-corrected chi connectivity index (χ3v) is 16.5. The van der Waals surface area contributed by atoms with Crippen LogP contribution in [0.3, 0.4) is 0 Å². The summed E-state index contributed by atoms with van der Waals surface area (Å²) in [6.07, 6.45) is -10.0. The largest absolute Gasteiger partial charge is 0.491 e. The van der Waals surface area contributed by atoms with E-state index in [0.717, 1.165) is 44.5 Å². The van der Waals surface area contributed by atoms with Gasteiger partial charge in [-0.2, -0.15) is 0 Å². The topological polar surface area (TPSA) is 165 Å². The monoisotopic (exact) mass is 1360 g/mol. The molecular formula is C83H90O17. The first-order valence-electron chi connectivity index (χ1n) is 34.1. The second-order valence-electron chi connectivity index (χ2n) is 25.4. The van der Waals surface area contributed by atoms with Crippen LogP contribution in [0.15, 0.2) is 277 Å². The summed E-state index contributed by atoms with van der Waals surface area (Å²) in [5.74, 6) is 0.0569. The molecule has 17 heteroatoms. The summed E-state index contributed by atoms with van der Waals surface area (Å²) >= 11 is 0. The summed E-state index contributed by atoms with van der Waals surface area (Å²) in [5.41, 5.74) is 6.13. The van der Waals surface area contributed by atoms with Gasteiger partial charge in [-0.15, -0.1) is 0 Å². The molecule has 8 aromatic rings. The molecule has 17 nitrogen and oxygen atoms in total. The molecule has 0 saturated carbocycles. The lowest BCUT2D eigenvalue weighted by molar-refractivity contribution is -0.286. The van der Waals surface area contributed by atoms with E-state index in [0.29, 0.717) is 12.2 Å². The molecule has 9 atom stereocenters. The van der Waals surface area contributed by atoms with Crippen molar-refractivity contribution in [1.29, 1.82) is 0 Å². The van der Waals surface area contributed by atoms with Crippen molar-refractivity contribution in [1.82, 2.24) is 0 Å². The minimum Gasteiger partial charge on any atom is -0.491 e. The Morgan fingerprint density at radius 1 is 0.350 bits per heavy atom. The lowest BCUT2D eigenvalue weighted by Gasteiger charge is -2.43. The molecule has 524 valence electrons. The molecule has 3 unspecified atom stereocenters. The Hall–Kier alpha value is -8.95. The Morgan fingerprint density at radius 2 is 0.660 bits per heavy atom. The Bertz CT molecular complexity index is 3800. The number of ether oxygens (including phenoxy) is 16. The first-order chi connectivity index (χ1) is 49.1. The van der Waals surface area contributed by atoms with Gasteiger partial charge >= 0.3 is 5.97 Å². The summed E-state index contributed by atoms with van der Waals surface area (Å²) in [4.78, 5) is 14.8. The van der Waals surface area contributed by atoms with Gasteiger partial charge in [0.1, 0.15) is 50.3 Å². The maximum atomic E-state index is 14.8. The summed E-state index contributed by atoms with van der Waals surface area (Å²) in [7, 11) is 1.50. The standard InChI is InChI=1S/C83H90O17/c1-6-47-89-75-72(98-81-78(100-82(84)83(2,3)4)74(93-54-65-43-27-13-28-44-65)71(91-52-63-39-23-11-24-40-63)68(97-81)57-87-49-60-33-17-8-18-34-60)69(58-88-50-61-35-19-9-20-36-61)95-79(85-5)77(75)99-80-76(94-55-66-45-29-14-30-46-66)73(92-53-64-41-25-12-26-42-64)70(90-51-62-37-21-10-22-38-62)67(96-80)56-86-48-59-31-15-7-16-32-59/h7-46,67-72,79-81H,6,47-58H2,1-5H3/t67?,68?,69?,70-,71+,72-,79-,80-,81+/m1/s1. The first kappa shape index (κ1) is 72.3. The van der Waals surface area contributed by atoms with Crippen LogP contribution in [-0.4, -0.2) is 95.0 Å². The molecule has 8 aromatic carbocycles. The molecule has 0 fully saturated rings. The molecular weight excluding hydrogens is 1270 g/mol. The van der Waals surface area contributed by atoms with Crippen LogP contribution >= 0.6 is 0 Å². The smallest absolute Gasteiger partial charge is 0.316 e. The van der Waals surface area contributed by atoms with Crippen molar-refractivity contribution in [3.05, 3.63) is 322 Å². The fraction of sp³-hybridized carbons (Fsp3) is 0.337. The lowest BCUT2D eigenvalue weighted by atomic mass is 9.97. The number of carbonyl (C=O) groups excluding carboxylic acids is 1. The van der Waals surface area contributed by atoms with Gasteiger partial charge in [-0.05, 0) is 71.7 Å². The summed E-state index contributed by atoms with van der Waals surface area (Å²) in [6, 6.07) is 78.4. The number of benzene rings is 8. The van der Waals surface area contributed by atoms with Crippen LogP contribution in [0.5, 0.6) is 0 Å². The molecule has 3 heterocycles. The zero-order valence-electron chi connectivity index (χ0n) is 57.4. The van der Waals surface area contributed by atoms with Crippen LogP contribution in [0.25, 0.3) is 0 Å². The van der Waals surface area contributed by atoms with Crippen molar-refractivity contribution in [3.8, 4) is 0 Å². The molecule has 0 aromatic heterocycles.